The average molecular weight is 368 g/mol. The smallest absolute Gasteiger partial charge is 0.239 e. The van der Waals surface area contributed by atoms with Crippen molar-refractivity contribution in [1.29, 1.82) is 0 Å². The molecule has 4 heterocycles. The highest BCUT2D eigenvalue weighted by molar-refractivity contribution is 5.82. The number of nitrogens with zero attached hydrogens (tertiary/aromatic N) is 6. The first-order valence-electron chi connectivity index (χ1n) is 10.0. The lowest BCUT2D eigenvalue weighted by molar-refractivity contribution is -0.136. The minimum absolute atomic E-state index is 0.0332. The van der Waals surface area contributed by atoms with E-state index in [4.69, 9.17) is 0 Å². The van der Waals surface area contributed by atoms with Crippen molar-refractivity contribution in [3.63, 3.8) is 0 Å². The maximum Gasteiger partial charge on any atom is 0.239 e. The Hall–Kier alpha value is -2.28. The lowest BCUT2D eigenvalue weighted by atomic mass is 10.1. The molecule has 1 unspecified atom stereocenters. The molecular formula is C20H28N6O. The quantitative estimate of drug-likeness (QED) is 0.822. The fourth-order valence-electron chi connectivity index (χ4n) is 4.19. The van der Waals surface area contributed by atoms with Gasteiger partial charge in [-0.15, -0.1) is 10.2 Å². The molecule has 0 N–H and O–H groups in total. The van der Waals surface area contributed by atoms with E-state index in [0.717, 1.165) is 69.1 Å². The Morgan fingerprint density at radius 1 is 1.15 bits per heavy atom. The third-order valence-corrected chi connectivity index (χ3v) is 5.81. The van der Waals surface area contributed by atoms with Crippen LogP contribution >= 0.6 is 0 Å². The molecule has 0 spiro atoms. The summed E-state index contributed by atoms with van der Waals surface area (Å²) < 4.78 is 2.19. The van der Waals surface area contributed by atoms with Crippen molar-refractivity contribution in [2.45, 2.75) is 51.1 Å². The number of hydrogen-bond donors (Lipinski definition) is 0. The van der Waals surface area contributed by atoms with Gasteiger partial charge in [-0.2, -0.15) is 0 Å². The van der Waals surface area contributed by atoms with E-state index in [-0.39, 0.29) is 11.9 Å². The third kappa shape index (κ3) is 4.03. The van der Waals surface area contributed by atoms with Crippen molar-refractivity contribution in [2.75, 3.05) is 26.7 Å². The molecule has 2 aliphatic heterocycles. The fraction of sp³-hybridized carbons (Fsp3) is 0.600. The van der Waals surface area contributed by atoms with E-state index < -0.39 is 0 Å². The molecule has 27 heavy (non-hydrogen) atoms. The lowest BCUT2D eigenvalue weighted by Crippen LogP contribution is -2.47. The molecule has 0 saturated carbocycles. The van der Waals surface area contributed by atoms with E-state index in [1.165, 1.54) is 12.8 Å². The lowest BCUT2D eigenvalue weighted by Gasteiger charge is -2.30. The zero-order chi connectivity index (χ0) is 18.6. The fourth-order valence-corrected chi connectivity index (χ4v) is 4.19. The first kappa shape index (κ1) is 18.1. The highest BCUT2D eigenvalue weighted by Crippen LogP contribution is 2.19. The Morgan fingerprint density at radius 2 is 2.07 bits per heavy atom. The van der Waals surface area contributed by atoms with E-state index in [9.17, 15) is 4.79 Å². The Balaban J connectivity index is 1.45. The predicted octanol–water partition coefficient (Wildman–Crippen LogP) is 1.52. The molecule has 1 fully saturated rings. The predicted molar refractivity (Wildman–Crippen MR) is 102 cm³/mol. The van der Waals surface area contributed by atoms with Crippen molar-refractivity contribution in [3.8, 4) is 0 Å². The standard InChI is InChI=1S/C20H28N6O/c1-24-10-4-2-3-7-17(24)20(27)25-11-8-18-22-23-19(26(18)13-12-25)14-16-6-5-9-21-15-16/h5-6,9,15,17H,2-4,7-8,10-14H2,1H3. The minimum Gasteiger partial charge on any atom is -0.339 e. The first-order valence-corrected chi connectivity index (χ1v) is 10.0. The van der Waals surface area contributed by atoms with Gasteiger partial charge in [-0.05, 0) is 38.1 Å². The van der Waals surface area contributed by atoms with Gasteiger partial charge in [-0.25, -0.2) is 0 Å². The Kier molecular flexibility index (Phi) is 5.48. The van der Waals surface area contributed by atoms with Gasteiger partial charge in [0.25, 0.3) is 0 Å². The van der Waals surface area contributed by atoms with E-state index >= 15 is 0 Å². The van der Waals surface area contributed by atoms with Crippen LogP contribution in [0.2, 0.25) is 0 Å². The van der Waals surface area contributed by atoms with Crippen LogP contribution in [0.25, 0.3) is 0 Å². The van der Waals surface area contributed by atoms with Crippen molar-refractivity contribution >= 4 is 5.91 Å². The summed E-state index contributed by atoms with van der Waals surface area (Å²) in [5.74, 6) is 2.23. The van der Waals surface area contributed by atoms with Crippen LogP contribution < -0.4 is 0 Å². The Bertz CT molecular complexity index is 774. The maximum absolute atomic E-state index is 13.1. The second kappa shape index (κ2) is 8.17. The summed E-state index contributed by atoms with van der Waals surface area (Å²) in [4.78, 5) is 21.6. The second-order valence-corrected chi connectivity index (χ2v) is 7.64. The summed E-state index contributed by atoms with van der Waals surface area (Å²) in [6.07, 6.45) is 9.69. The van der Waals surface area contributed by atoms with E-state index in [0.29, 0.717) is 0 Å². The number of hydrogen-bond acceptors (Lipinski definition) is 5. The summed E-state index contributed by atoms with van der Waals surface area (Å²) in [6.45, 7) is 3.24. The molecule has 144 valence electrons. The van der Waals surface area contributed by atoms with Gasteiger partial charge in [0.05, 0.1) is 6.04 Å². The number of pyridine rings is 1. The number of rotatable bonds is 3. The van der Waals surface area contributed by atoms with Crippen molar-refractivity contribution in [2.24, 2.45) is 0 Å². The van der Waals surface area contributed by atoms with Gasteiger partial charge in [-0.1, -0.05) is 18.9 Å². The molecule has 2 aromatic rings. The molecule has 1 atom stereocenters. The Morgan fingerprint density at radius 3 is 2.93 bits per heavy atom. The molecule has 1 amide bonds. The van der Waals surface area contributed by atoms with Crippen molar-refractivity contribution in [1.82, 2.24) is 29.5 Å². The molecule has 1 saturated heterocycles. The number of likely N-dealkylation sites (N-methyl/N-ethyl adjacent to an activating group) is 1. The first-order chi connectivity index (χ1) is 13.2. The second-order valence-electron chi connectivity index (χ2n) is 7.64. The summed E-state index contributed by atoms with van der Waals surface area (Å²) in [5.41, 5.74) is 1.13. The number of aromatic nitrogens is 4. The van der Waals surface area contributed by atoms with Crippen molar-refractivity contribution in [3.05, 3.63) is 41.7 Å². The number of carbonyl (C=O) groups excluding carboxylic acids is 1. The van der Waals surface area contributed by atoms with Gasteiger partial charge >= 0.3 is 0 Å². The SMILES string of the molecule is CN1CCCCCC1C(=O)N1CCc2nnc(Cc3cccnc3)n2CC1. The molecule has 0 aromatic carbocycles. The van der Waals surface area contributed by atoms with E-state index in [1.807, 2.05) is 17.2 Å². The van der Waals surface area contributed by atoms with Crippen LogP contribution in [0.1, 0.15) is 42.9 Å². The molecular weight excluding hydrogens is 340 g/mol. The van der Waals surface area contributed by atoms with E-state index in [1.54, 1.807) is 6.20 Å². The molecule has 0 radical (unpaired) electrons. The number of carbonyl (C=O) groups is 1. The molecule has 4 rings (SSSR count). The molecule has 0 bridgehead atoms. The monoisotopic (exact) mass is 368 g/mol. The molecule has 2 aliphatic rings. The molecule has 2 aromatic heterocycles. The zero-order valence-corrected chi connectivity index (χ0v) is 16.0. The van der Waals surface area contributed by atoms with Crippen molar-refractivity contribution < 1.29 is 4.79 Å². The van der Waals surface area contributed by atoms with Crippen LogP contribution in [0.5, 0.6) is 0 Å². The third-order valence-electron chi connectivity index (χ3n) is 5.81. The topological polar surface area (TPSA) is 67.2 Å². The van der Waals surface area contributed by atoms with Crippen LogP contribution in [0, 0.1) is 0 Å². The summed E-state index contributed by atoms with van der Waals surface area (Å²) in [7, 11) is 2.09. The van der Waals surface area contributed by atoms with Gasteiger partial charge in [0.15, 0.2) is 0 Å². The number of likely N-dealkylation sites (tertiary alicyclic amines) is 1. The van der Waals surface area contributed by atoms with Crippen LogP contribution in [0.4, 0.5) is 0 Å². The van der Waals surface area contributed by atoms with E-state index in [2.05, 4.69) is 37.8 Å². The molecule has 7 heteroatoms. The maximum atomic E-state index is 13.1. The highest BCUT2D eigenvalue weighted by Gasteiger charge is 2.30. The average Bonchev–Trinajstić information content (AvgIpc) is 2.85. The van der Waals surface area contributed by atoms with Gasteiger partial charge in [-0.3, -0.25) is 14.7 Å². The summed E-state index contributed by atoms with van der Waals surface area (Å²) in [5, 5.41) is 8.79. The Labute approximate surface area is 160 Å². The van der Waals surface area contributed by atoms with Crippen LogP contribution in [0.3, 0.4) is 0 Å². The van der Waals surface area contributed by atoms with Crippen LogP contribution in [0.15, 0.2) is 24.5 Å². The van der Waals surface area contributed by atoms with Crippen LogP contribution in [-0.2, 0) is 24.2 Å². The van der Waals surface area contributed by atoms with Gasteiger partial charge < -0.3 is 9.47 Å². The zero-order valence-electron chi connectivity index (χ0n) is 16.0. The number of amides is 1. The largest absolute Gasteiger partial charge is 0.339 e. The van der Waals surface area contributed by atoms with Crippen LogP contribution in [-0.4, -0.2) is 68.2 Å². The highest BCUT2D eigenvalue weighted by atomic mass is 16.2. The number of fused-ring (bicyclic) bond motifs is 1. The summed E-state index contributed by atoms with van der Waals surface area (Å²) in [6, 6.07) is 4.03. The van der Waals surface area contributed by atoms with Gasteiger partial charge in [0, 0.05) is 44.9 Å². The molecule has 7 nitrogen and oxygen atoms in total. The minimum atomic E-state index is 0.0332. The summed E-state index contributed by atoms with van der Waals surface area (Å²) >= 11 is 0. The normalized spacial score (nSPS) is 21.4. The van der Waals surface area contributed by atoms with Gasteiger partial charge in [0.1, 0.15) is 11.6 Å². The van der Waals surface area contributed by atoms with Gasteiger partial charge in [0.2, 0.25) is 5.91 Å². The molecule has 0 aliphatic carbocycles.